The standard InChI is InChI=1S/C24H30N4O6/c1-24(2,11-15-7-5-4-6-8-15)12-17(27-23(32)34-16-9-10-26-13-16)22(31)28(3)19-18(29)14-33-20(19)21(25)30/h4-10,13,17,19-20,26H,11-12,14H2,1-3H3,(H2,25,30)(H,27,32)/t17-,19?,20?/m0/s1. The van der Waals surface area contributed by atoms with Gasteiger partial charge in [0.1, 0.15) is 24.4 Å². The molecule has 4 N–H and O–H groups in total. The van der Waals surface area contributed by atoms with Crippen molar-refractivity contribution in [3.8, 4) is 5.75 Å². The molecule has 1 aromatic carbocycles. The van der Waals surface area contributed by atoms with E-state index >= 15 is 0 Å². The number of rotatable bonds is 9. The fourth-order valence-electron chi connectivity index (χ4n) is 4.18. The van der Waals surface area contributed by atoms with Crippen LogP contribution in [0.5, 0.6) is 5.75 Å². The summed E-state index contributed by atoms with van der Waals surface area (Å²) in [5.41, 5.74) is 6.03. The first-order valence-corrected chi connectivity index (χ1v) is 10.9. The van der Waals surface area contributed by atoms with Crippen LogP contribution in [0.1, 0.15) is 25.8 Å². The summed E-state index contributed by atoms with van der Waals surface area (Å²) in [6, 6.07) is 9.15. The van der Waals surface area contributed by atoms with Crippen LogP contribution in [0.3, 0.4) is 0 Å². The number of ether oxygens (including phenoxy) is 2. The average Bonchev–Trinajstić information content (AvgIpc) is 3.41. The van der Waals surface area contributed by atoms with E-state index in [1.54, 1.807) is 12.3 Å². The number of aromatic amines is 1. The van der Waals surface area contributed by atoms with Crippen LogP contribution in [-0.2, 0) is 25.5 Å². The van der Waals surface area contributed by atoms with Crippen molar-refractivity contribution in [1.82, 2.24) is 15.2 Å². The Kier molecular flexibility index (Phi) is 7.72. The predicted molar refractivity (Wildman–Crippen MR) is 123 cm³/mol. The number of primary amides is 1. The smallest absolute Gasteiger partial charge is 0.409 e. The molecule has 1 saturated heterocycles. The molecule has 1 fully saturated rings. The lowest BCUT2D eigenvalue weighted by Crippen LogP contribution is -2.57. The Morgan fingerprint density at radius 2 is 1.97 bits per heavy atom. The number of Topliss-reactive ketones (excluding diaryl/α,β-unsaturated/α-hetero) is 1. The second-order valence-corrected chi connectivity index (χ2v) is 9.16. The third kappa shape index (κ3) is 6.22. The van der Waals surface area contributed by atoms with Gasteiger partial charge in [-0.1, -0.05) is 44.2 Å². The van der Waals surface area contributed by atoms with Crippen molar-refractivity contribution >= 4 is 23.7 Å². The molecule has 182 valence electrons. The largest absolute Gasteiger partial charge is 0.413 e. The first kappa shape index (κ1) is 25.0. The lowest BCUT2D eigenvalue weighted by Gasteiger charge is -2.34. The number of nitrogens with zero attached hydrogens (tertiary/aromatic N) is 1. The van der Waals surface area contributed by atoms with Crippen LogP contribution < -0.4 is 15.8 Å². The highest BCUT2D eigenvalue weighted by Gasteiger charge is 2.45. The predicted octanol–water partition coefficient (Wildman–Crippen LogP) is 1.41. The van der Waals surface area contributed by atoms with Gasteiger partial charge in [0.15, 0.2) is 11.9 Å². The van der Waals surface area contributed by atoms with Gasteiger partial charge in [-0.05, 0) is 29.9 Å². The van der Waals surface area contributed by atoms with Crippen LogP contribution in [-0.4, -0.2) is 65.4 Å². The first-order valence-electron chi connectivity index (χ1n) is 10.9. The Morgan fingerprint density at radius 1 is 1.26 bits per heavy atom. The Hall–Kier alpha value is -3.66. The molecule has 0 radical (unpaired) electrons. The van der Waals surface area contributed by atoms with Crippen LogP contribution in [0.4, 0.5) is 4.79 Å². The number of hydrogen-bond acceptors (Lipinski definition) is 6. The second-order valence-electron chi connectivity index (χ2n) is 9.16. The summed E-state index contributed by atoms with van der Waals surface area (Å²) in [6.07, 6.45) is 1.92. The summed E-state index contributed by atoms with van der Waals surface area (Å²) in [4.78, 5) is 54.1. The van der Waals surface area contributed by atoms with Gasteiger partial charge in [0, 0.05) is 19.4 Å². The van der Waals surface area contributed by atoms with Crippen molar-refractivity contribution in [2.75, 3.05) is 13.7 Å². The van der Waals surface area contributed by atoms with E-state index in [2.05, 4.69) is 10.3 Å². The van der Waals surface area contributed by atoms with Crippen LogP contribution in [0, 0.1) is 5.41 Å². The number of amides is 3. The van der Waals surface area contributed by atoms with Gasteiger partial charge in [0.2, 0.25) is 11.8 Å². The fraction of sp³-hybridized carbons (Fsp3) is 0.417. The van der Waals surface area contributed by atoms with Crippen LogP contribution in [0.25, 0.3) is 0 Å². The number of aromatic nitrogens is 1. The molecule has 0 bridgehead atoms. The molecule has 3 rings (SSSR count). The third-order valence-electron chi connectivity index (χ3n) is 5.72. The monoisotopic (exact) mass is 470 g/mol. The summed E-state index contributed by atoms with van der Waals surface area (Å²) in [5.74, 6) is -1.54. The number of ketones is 1. The molecule has 2 unspecified atom stereocenters. The van der Waals surface area contributed by atoms with E-state index in [9.17, 15) is 19.2 Å². The second kappa shape index (κ2) is 10.5. The number of nitrogens with two attached hydrogens (primary N) is 1. The summed E-state index contributed by atoms with van der Waals surface area (Å²) < 4.78 is 10.4. The number of nitrogens with one attached hydrogen (secondary N) is 2. The number of carbonyl (C=O) groups is 4. The minimum absolute atomic E-state index is 0.246. The fourth-order valence-corrected chi connectivity index (χ4v) is 4.18. The minimum atomic E-state index is -1.24. The molecule has 1 aliphatic rings. The van der Waals surface area contributed by atoms with E-state index in [-0.39, 0.29) is 18.8 Å². The molecular weight excluding hydrogens is 440 g/mol. The SMILES string of the molecule is CN(C(=O)[C@H](CC(C)(C)Cc1ccccc1)NC(=O)Oc1cc[nH]c1)C1C(=O)COC1C(N)=O. The molecule has 2 aromatic rings. The summed E-state index contributed by atoms with van der Waals surface area (Å²) in [5, 5.41) is 2.63. The van der Waals surface area contributed by atoms with Gasteiger partial charge >= 0.3 is 6.09 Å². The number of likely N-dealkylation sites (N-methyl/N-ethyl adjacent to an activating group) is 1. The highest BCUT2D eigenvalue weighted by Crippen LogP contribution is 2.29. The van der Waals surface area contributed by atoms with Gasteiger partial charge in [0.05, 0.1) is 0 Å². The first-order chi connectivity index (χ1) is 16.1. The van der Waals surface area contributed by atoms with Gasteiger partial charge in [-0.2, -0.15) is 0 Å². The Labute approximate surface area is 197 Å². The maximum absolute atomic E-state index is 13.5. The van der Waals surface area contributed by atoms with E-state index in [1.807, 2.05) is 44.2 Å². The van der Waals surface area contributed by atoms with E-state index in [0.29, 0.717) is 6.42 Å². The van der Waals surface area contributed by atoms with E-state index in [4.69, 9.17) is 15.2 Å². The lowest BCUT2D eigenvalue weighted by molar-refractivity contribution is -0.141. The molecule has 3 atom stereocenters. The molecule has 0 aliphatic carbocycles. The zero-order valence-corrected chi connectivity index (χ0v) is 19.4. The van der Waals surface area contributed by atoms with Gasteiger partial charge in [-0.25, -0.2) is 4.79 Å². The zero-order valence-electron chi connectivity index (χ0n) is 19.4. The van der Waals surface area contributed by atoms with Gasteiger partial charge in [-0.3, -0.25) is 14.4 Å². The van der Waals surface area contributed by atoms with Crippen LogP contribution in [0.15, 0.2) is 48.8 Å². The minimum Gasteiger partial charge on any atom is -0.409 e. The Bertz CT molecular complexity index is 1020. The van der Waals surface area contributed by atoms with Crippen molar-refractivity contribution < 1.29 is 28.7 Å². The molecule has 10 heteroatoms. The third-order valence-corrected chi connectivity index (χ3v) is 5.72. The highest BCUT2D eigenvalue weighted by molar-refractivity contribution is 5.99. The summed E-state index contributed by atoms with van der Waals surface area (Å²) in [6.45, 7) is 3.65. The van der Waals surface area contributed by atoms with Gasteiger partial charge in [-0.15, -0.1) is 0 Å². The van der Waals surface area contributed by atoms with Gasteiger partial charge < -0.3 is 30.4 Å². The summed E-state index contributed by atoms with van der Waals surface area (Å²) in [7, 11) is 1.39. The normalized spacial score (nSPS) is 18.9. The average molecular weight is 471 g/mol. The Morgan fingerprint density at radius 3 is 2.59 bits per heavy atom. The van der Waals surface area contributed by atoms with E-state index in [0.717, 1.165) is 10.5 Å². The van der Waals surface area contributed by atoms with E-state index in [1.165, 1.54) is 13.2 Å². The Balaban J connectivity index is 1.80. The molecular formula is C24H30N4O6. The number of hydrogen-bond donors (Lipinski definition) is 3. The quantitative estimate of drug-likeness (QED) is 0.506. The van der Waals surface area contributed by atoms with Crippen molar-refractivity contribution in [3.63, 3.8) is 0 Å². The maximum Gasteiger partial charge on any atom is 0.413 e. The van der Waals surface area contributed by atoms with Gasteiger partial charge in [0.25, 0.3) is 0 Å². The molecule has 2 heterocycles. The van der Waals surface area contributed by atoms with Crippen LogP contribution >= 0.6 is 0 Å². The zero-order chi connectivity index (χ0) is 24.9. The molecule has 3 amide bonds. The number of carbonyl (C=O) groups excluding carboxylic acids is 4. The molecule has 1 aromatic heterocycles. The number of benzene rings is 1. The molecule has 0 saturated carbocycles. The molecule has 0 spiro atoms. The van der Waals surface area contributed by atoms with Crippen molar-refractivity contribution in [2.45, 2.75) is 44.9 Å². The van der Waals surface area contributed by atoms with Crippen molar-refractivity contribution in [2.24, 2.45) is 11.1 Å². The highest BCUT2D eigenvalue weighted by atomic mass is 16.6. The lowest BCUT2D eigenvalue weighted by atomic mass is 9.79. The molecule has 1 aliphatic heterocycles. The van der Waals surface area contributed by atoms with Crippen LogP contribution in [0.2, 0.25) is 0 Å². The maximum atomic E-state index is 13.5. The molecule has 34 heavy (non-hydrogen) atoms. The topological polar surface area (TPSA) is 144 Å². The van der Waals surface area contributed by atoms with Crippen molar-refractivity contribution in [1.29, 1.82) is 0 Å². The number of H-pyrrole nitrogens is 1. The molecule has 10 nitrogen and oxygen atoms in total. The van der Waals surface area contributed by atoms with Crippen molar-refractivity contribution in [3.05, 3.63) is 54.4 Å². The van der Waals surface area contributed by atoms with E-state index < -0.39 is 47.3 Å². The summed E-state index contributed by atoms with van der Waals surface area (Å²) >= 11 is 0.